The Morgan fingerprint density at radius 2 is 2.07 bits per heavy atom. The molecule has 1 saturated heterocycles. The van der Waals surface area contributed by atoms with Gasteiger partial charge in [-0.2, -0.15) is 13.2 Å². The number of rotatable bonds is 4. The lowest BCUT2D eigenvalue weighted by molar-refractivity contribution is -0.141. The first-order valence-electron chi connectivity index (χ1n) is 8.70. The number of aromatic nitrogens is 3. The molecule has 1 saturated carbocycles. The molecule has 3 heterocycles. The molecule has 1 spiro atoms. The first kappa shape index (κ1) is 17.8. The molecule has 142 valence electrons. The van der Waals surface area contributed by atoms with Crippen molar-refractivity contribution in [1.29, 1.82) is 0 Å². The van der Waals surface area contributed by atoms with Gasteiger partial charge in [0.05, 0.1) is 24.0 Å². The summed E-state index contributed by atoms with van der Waals surface area (Å²) in [6.07, 6.45) is 1.20. The van der Waals surface area contributed by atoms with Crippen molar-refractivity contribution in [3.8, 4) is 11.3 Å². The number of hydrogen-bond donors (Lipinski definition) is 2. The quantitative estimate of drug-likeness (QED) is 0.855. The molecule has 2 aromatic heterocycles. The lowest BCUT2D eigenvalue weighted by atomic mass is 10.0. The van der Waals surface area contributed by atoms with Gasteiger partial charge in [-0.3, -0.25) is 9.78 Å². The van der Waals surface area contributed by atoms with Crippen LogP contribution in [0.4, 0.5) is 13.2 Å². The SMILES string of the molecule is O=C(NCc1cc(-c2ccc(C(F)(F)F)nc2)ncn1)C1CC2(CC2)CN1. The van der Waals surface area contributed by atoms with E-state index in [0.717, 1.165) is 25.2 Å². The largest absolute Gasteiger partial charge is 0.433 e. The first-order valence-corrected chi connectivity index (χ1v) is 8.70. The summed E-state index contributed by atoms with van der Waals surface area (Å²) in [6.45, 7) is 1.12. The second-order valence-electron chi connectivity index (χ2n) is 7.18. The predicted octanol–water partition coefficient (Wildman–Crippen LogP) is 2.32. The Morgan fingerprint density at radius 3 is 2.70 bits per heavy atom. The summed E-state index contributed by atoms with van der Waals surface area (Å²) in [5.74, 6) is -0.0601. The second kappa shape index (κ2) is 6.56. The van der Waals surface area contributed by atoms with Gasteiger partial charge in [-0.05, 0) is 42.9 Å². The summed E-state index contributed by atoms with van der Waals surface area (Å²) >= 11 is 0. The Labute approximate surface area is 153 Å². The number of nitrogens with one attached hydrogen (secondary N) is 2. The molecule has 2 fully saturated rings. The van der Waals surface area contributed by atoms with E-state index >= 15 is 0 Å². The zero-order chi connectivity index (χ0) is 19.1. The van der Waals surface area contributed by atoms with Crippen LogP contribution in [-0.2, 0) is 17.5 Å². The molecular formula is C18H18F3N5O. The molecule has 0 radical (unpaired) electrons. The highest BCUT2D eigenvalue weighted by Crippen LogP contribution is 2.51. The van der Waals surface area contributed by atoms with E-state index in [1.807, 2.05) is 0 Å². The monoisotopic (exact) mass is 377 g/mol. The number of amides is 1. The zero-order valence-corrected chi connectivity index (χ0v) is 14.4. The highest BCUT2D eigenvalue weighted by Gasteiger charge is 2.49. The molecule has 0 bridgehead atoms. The summed E-state index contributed by atoms with van der Waals surface area (Å²) in [4.78, 5) is 23.9. The second-order valence-corrected chi connectivity index (χ2v) is 7.18. The number of halogens is 3. The fraction of sp³-hybridized carbons (Fsp3) is 0.444. The van der Waals surface area contributed by atoms with Gasteiger partial charge in [-0.15, -0.1) is 0 Å². The lowest BCUT2D eigenvalue weighted by Gasteiger charge is -2.11. The summed E-state index contributed by atoms with van der Waals surface area (Å²) in [7, 11) is 0. The summed E-state index contributed by atoms with van der Waals surface area (Å²) in [5.41, 5.74) is 0.856. The third kappa shape index (κ3) is 3.92. The average Bonchev–Trinajstić information content (AvgIpc) is 3.28. The van der Waals surface area contributed by atoms with Gasteiger partial charge in [0.25, 0.3) is 0 Å². The van der Waals surface area contributed by atoms with Gasteiger partial charge in [0.2, 0.25) is 5.91 Å². The molecule has 2 N–H and O–H groups in total. The van der Waals surface area contributed by atoms with Crippen molar-refractivity contribution in [3.63, 3.8) is 0 Å². The topological polar surface area (TPSA) is 79.8 Å². The Hall–Kier alpha value is -2.55. The van der Waals surface area contributed by atoms with Crippen LogP contribution in [0.1, 0.15) is 30.7 Å². The molecule has 0 aromatic carbocycles. The maximum Gasteiger partial charge on any atom is 0.433 e. The van der Waals surface area contributed by atoms with Crippen LogP contribution in [0.2, 0.25) is 0 Å². The standard InChI is InChI=1S/C18H18F3N5O/c19-18(20,21)15-2-1-11(7-22-15)13-5-12(25-10-26-13)8-23-16(27)14-6-17(3-4-17)9-24-14/h1-2,5,7,10,14,24H,3-4,6,8-9H2,(H,23,27). The lowest BCUT2D eigenvalue weighted by Crippen LogP contribution is -2.40. The molecule has 1 atom stereocenters. The van der Waals surface area contributed by atoms with Crippen LogP contribution in [0, 0.1) is 5.41 Å². The molecule has 27 heavy (non-hydrogen) atoms. The molecule has 4 rings (SSSR count). The van der Waals surface area contributed by atoms with Gasteiger partial charge in [0.15, 0.2) is 0 Å². The molecule has 1 aliphatic heterocycles. The molecular weight excluding hydrogens is 359 g/mol. The van der Waals surface area contributed by atoms with E-state index < -0.39 is 11.9 Å². The summed E-state index contributed by atoms with van der Waals surface area (Å²) in [6, 6.07) is 3.69. The van der Waals surface area contributed by atoms with Crippen LogP contribution >= 0.6 is 0 Å². The Bertz CT molecular complexity index is 849. The van der Waals surface area contributed by atoms with Crippen LogP contribution in [0.5, 0.6) is 0 Å². The minimum Gasteiger partial charge on any atom is -0.349 e. The molecule has 1 aliphatic carbocycles. The van der Waals surface area contributed by atoms with E-state index in [-0.39, 0.29) is 18.5 Å². The predicted molar refractivity (Wildman–Crippen MR) is 90.2 cm³/mol. The van der Waals surface area contributed by atoms with Crippen LogP contribution in [0.15, 0.2) is 30.7 Å². The van der Waals surface area contributed by atoms with Gasteiger partial charge in [-0.25, -0.2) is 9.97 Å². The first-order chi connectivity index (χ1) is 12.8. The van der Waals surface area contributed by atoms with Crippen molar-refractivity contribution >= 4 is 5.91 Å². The van der Waals surface area contributed by atoms with E-state index in [9.17, 15) is 18.0 Å². The van der Waals surface area contributed by atoms with E-state index in [1.54, 1.807) is 6.07 Å². The van der Waals surface area contributed by atoms with E-state index in [4.69, 9.17) is 0 Å². The number of nitrogens with zero attached hydrogens (tertiary/aromatic N) is 3. The van der Waals surface area contributed by atoms with Gasteiger partial charge in [0, 0.05) is 18.3 Å². The number of pyridine rings is 1. The minimum absolute atomic E-state index is 0.0601. The molecule has 2 aromatic rings. The van der Waals surface area contributed by atoms with Crippen LogP contribution in [0.25, 0.3) is 11.3 Å². The number of alkyl halides is 3. The van der Waals surface area contributed by atoms with Gasteiger partial charge in [0.1, 0.15) is 12.0 Å². The minimum atomic E-state index is -4.48. The van der Waals surface area contributed by atoms with Crippen molar-refractivity contribution in [2.75, 3.05) is 6.54 Å². The van der Waals surface area contributed by atoms with Crippen LogP contribution < -0.4 is 10.6 Å². The molecule has 9 heteroatoms. The van der Waals surface area contributed by atoms with E-state index in [2.05, 4.69) is 25.6 Å². The summed E-state index contributed by atoms with van der Waals surface area (Å²) in [5, 5.41) is 6.11. The molecule has 6 nitrogen and oxygen atoms in total. The smallest absolute Gasteiger partial charge is 0.349 e. The maximum atomic E-state index is 12.6. The number of hydrogen-bond acceptors (Lipinski definition) is 5. The fourth-order valence-electron chi connectivity index (χ4n) is 3.33. The van der Waals surface area contributed by atoms with E-state index in [0.29, 0.717) is 22.4 Å². The third-order valence-electron chi connectivity index (χ3n) is 5.15. The molecule has 2 aliphatic rings. The highest BCUT2D eigenvalue weighted by molar-refractivity contribution is 5.82. The molecule has 1 amide bonds. The number of carbonyl (C=O) groups is 1. The fourth-order valence-corrected chi connectivity index (χ4v) is 3.33. The maximum absolute atomic E-state index is 12.6. The van der Waals surface area contributed by atoms with E-state index in [1.165, 1.54) is 25.2 Å². The van der Waals surface area contributed by atoms with Crippen molar-refractivity contribution in [3.05, 3.63) is 42.1 Å². The van der Waals surface area contributed by atoms with Crippen molar-refractivity contribution < 1.29 is 18.0 Å². The van der Waals surface area contributed by atoms with Crippen LogP contribution in [0.3, 0.4) is 0 Å². The number of carbonyl (C=O) groups excluding carboxylic acids is 1. The van der Waals surface area contributed by atoms with Crippen LogP contribution in [-0.4, -0.2) is 33.4 Å². The van der Waals surface area contributed by atoms with Crippen molar-refractivity contribution in [1.82, 2.24) is 25.6 Å². The van der Waals surface area contributed by atoms with Gasteiger partial charge in [-0.1, -0.05) is 0 Å². The normalized spacial score (nSPS) is 20.6. The van der Waals surface area contributed by atoms with Gasteiger partial charge >= 0.3 is 6.18 Å². The Kier molecular flexibility index (Phi) is 4.33. The highest BCUT2D eigenvalue weighted by atomic mass is 19.4. The van der Waals surface area contributed by atoms with Gasteiger partial charge < -0.3 is 10.6 Å². The van der Waals surface area contributed by atoms with Crippen molar-refractivity contribution in [2.45, 2.75) is 38.0 Å². The average molecular weight is 377 g/mol. The Balaban J connectivity index is 1.39. The summed E-state index contributed by atoms with van der Waals surface area (Å²) < 4.78 is 37.8. The molecule has 1 unspecified atom stereocenters. The Morgan fingerprint density at radius 1 is 1.26 bits per heavy atom. The zero-order valence-electron chi connectivity index (χ0n) is 14.4. The third-order valence-corrected chi connectivity index (χ3v) is 5.15. The van der Waals surface area contributed by atoms with Crippen molar-refractivity contribution in [2.24, 2.45) is 5.41 Å².